The van der Waals surface area contributed by atoms with Crippen molar-refractivity contribution in [1.29, 1.82) is 0 Å². The van der Waals surface area contributed by atoms with Crippen LogP contribution in [0.25, 0.3) is 0 Å². The number of rotatable bonds is 7. The maximum atomic E-state index is 11.5. The molecular formula is C10H21N3OS. The van der Waals surface area contributed by atoms with Crippen molar-refractivity contribution in [2.24, 2.45) is 5.73 Å². The van der Waals surface area contributed by atoms with E-state index in [-0.39, 0.29) is 11.9 Å². The average Bonchev–Trinajstić information content (AvgIpc) is 2.00. The first-order chi connectivity index (χ1) is 6.95. The Morgan fingerprint density at radius 1 is 1.47 bits per heavy atom. The summed E-state index contributed by atoms with van der Waals surface area (Å²) in [5, 5.41) is 2.84. The Kier molecular flexibility index (Phi) is 7.25. The van der Waals surface area contributed by atoms with Gasteiger partial charge in [-0.05, 0) is 26.8 Å². The van der Waals surface area contributed by atoms with E-state index in [1.54, 1.807) is 0 Å². The van der Waals surface area contributed by atoms with E-state index in [1.807, 2.05) is 18.7 Å². The Morgan fingerprint density at radius 3 is 2.47 bits per heavy atom. The third-order valence-electron chi connectivity index (χ3n) is 1.74. The zero-order chi connectivity index (χ0) is 11.8. The van der Waals surface area contributed by atoms with Crippen molar-refractivity contribution in [2.75, 3.05) is 19.6 Å². The molecule has 1 amide bonds. The van der Waals surface area contributed by atoms with Crippen LogP contribution in [0.3, 0.4) is 0 Å². The number of nitrogens with zero attached hydrogens (tertiary/aromatic N) is 1. The van der Waals surface area contributed by atoms with Gasteiger partial charge in [-0.2, -0.15) is 0 Å². The van der Waals surface area contributed by atoms with Gasteiger partial charge in [-0.1, -0.05) is 19.1 Å². The van der Waals surface area contributed by atoms with Gasteiger partial charge in [-0.3, -0.25) is 9.69 Å². The van der Waals surface area contributed by atoms with Crippen LogP contribution in [0.1, 0.15) is 27.2 Å². The van der Waals surface area contributed by atoms with Crippen LogP contribution in [0.2, 0.25) is 0 Å². The summed E-state index contributed by atoms with van der Waals surface area (Å²) in [6.07, 6.45) is 0.984. The molecule has 0 radical (unpaired) electrons. The summed E-state index contributed by atoms with van der Waals surface area (Å²) in [4.78, 5) is 13.9. The Hall–Kier alpha value is -0.680. The number of amides is 1. The second-order valence-corrected chi connectivity index (χ2v) is 4.42. The molecule has 0 aromatic rings. The van der Waals surface area contributed by atoms with Crippen molar-refractivity contribution in [1.82, 2.24) is 10.2 Å². The minimum Gasteiger partial charge on any atom is -0.392 e. The zero-order valence-electron chi connectivity index (χ0n) is 9.75. The molecule has 88 valence electrons. The van der Waals surface area contributed by atoms with Gasteiger partial charge < -0.3 is 11.1 Å². The quantitative estimate of drug-likeness (QED) is 0.627. The van der Waals surface area contributed by atoms with E-state index in [0.29, 0.717) is 18.1 Å². The molecule has 0 bridgehead atoms. The molecule has 0 aliphatic carbocycles. The smallest absolute Gasteiger partial charge is 0.234 e. The number of carbonyl (C=O) groups excluding carboxylic acids is 1. The van der Waals surface area contributed by atoms with E-state index in [9.17, 15) is 4.79 Å². The van der Waals surface area contributed by atoms with Gasteiger partial charge in [-0.25, -0.2) is 0 Å². The second-order valence-electron chi connectivity index (χ2n) is 3.90. The summed E-state index contributed by atoms with van der Waals surface area (Å²) < 4.78 is 0. The Balaban J connectivity index is 4.03. The summed E-state index contributed by atoms with van der Waals surface area (Å²) in [7, 11) is 0. The topological polar surface area (TPSA) is 58.4 Å². The number of thiocarbonyl (C=S) groups is 1. The summed E-state index contributed by atoms with van der Waals surface area (Å²) in [6, 6.07) is 0.172. The molecule has 0 aliphatic heterocycles. The van der Waals surface area contributed by atoms with E-state index >= 15 is 0 Å². The highest BCUT2D eigenvalue weighted by Gasteiger charge is 2.11. The first-order valence-corrected chi connectivity index (χ1v) is 5.66. The molecule has 0 saturated heterocycles. The SMILES string of the molecule is CCCN(CC(=O)NC(C)C)CC(N)=S. The van der Waals surface area contributed by atoms with Crippen LogP contribution in [0.4, 0.5) is 0 Å². The van der Waals surface area contributed by atoms with Crippen molar-refractivity contribution < 1.29 is 4.79 Å². The molecule has 0 aliphatic rings. The van der Waals surface area contributed by atoms with Gasteiger partial charge in [0, 0.05) is 12.6 Å². The molecule has 0 fully saturated rings. The van der Waals surface area contributed by atoms with Crippen LogP contribution in [-0.2, 0) is 4.79 Å². The van der Waals surface area contributed by atoms with Gasteiger partial charge in [0.05, 0.1) is 11.5 Å². The van der Waals surface area contributed by atoms with Gasteiger partial charge >= 0.3 is 0 Å². The van der Waals surface area contributed by atoms with Crippen LogP contribution in [0.15, 0.2) is 0 Å². The fourth-order valence-corrected chi connectivity index (χ4v) is 1.50. The van der Waals surface area contributed by atoms with E-state index in [1.165, 1.54) is 0 Å². The Bertz CT molecular complexity index is 219. The van der Waals surface area contributed by atoms with E-state index in [2.05, 4.69) is 12.2 Å². The molecule has 0 aromatic carbocycles. The minimum absolute atomic E-state index is 0.0229. The molecule has 0 spiro atoms. The molecule has 0 rings (SSSR count). The fraction of sp³-hybridized carbons (Fsp3) is 0.800. The predicted octanol–water partition coefficient (Wildman–Crippen LogP) is 0.509. The average molecular weight is 231 g/mol. The minimum atomic E-state index is 0.0229. The molecule has 4 nitrogen and oxygen atoms in total. The summed E-state index contributed by atoms with van der Waals surface area (Å²) in [6.45, 7) is 7.65. The van der Waals surface area contributed by atoms with Crippen molar-refractivity contribution in [3.05, 3.63) is 0 Å². The third-order valence-corrected chi connectivity index (χ3v) is 1.87. The Morgan fingerprint density at radius 2 is 2.07 bits per heavy atom. The highest BCUT2D eigenvalue weighted by molar-refractivity contribution is 7.80. The monoisotopic (exact) mass is 231 g/mol. The second kappa shape index (κ2) is 7.59. The first kappa shape index (κ1) is 14.3. The Labute approximate surface area is 97.2 Å². The van der Waals surface area contributed by atoms with Gasteiger partial charge in [-0.15, -0.1) is 0 Å². The molecule has 0 saturated carbocycles. The van der Waals surface area contributed by atoms with Crippen molar-refractivity contribution >= 4 is 23.1 Å². The number of nitrogens with two attached hydrogens (primary N) is 1. The third kappa shape index (κ3) is 8.32. The summed E-state index contributed by atoms with van der Waals surface area (Å²) >= 11 is 4.83. The van der Waals surface area contributed by atoms with Gasteiger partial charge in [0.25, 0.3) is 0 Å². The lowest BCUT2D eigenvalue weighted by Crippen LogP contribution is -2.43. The molecular weight excluding hydrogens is 210 g/mol. The van der Waals surface area contributed by atoms with Crippen LogP contribution in [0, 0.1) is 0 Å². The highest BCUT2D eigenvalue weighted by Crippen LogP contribution is 1.92. The van der Waals surface area contributed by atoms with Gasteiger partial charge in [0.1, 0.15) is 0 Å². The largest absolute Gasteiger partial charge is 0.392 e. The van der Waals surface area contributed by atoms with E-state index in [0.717, 1.165) is 13.0 Å². The van der Waals surface area contributed by atoms with Crippen molar-refractivity contribution in [3.8, 4) is 0 Å². The molecule has 0 heterocycles. The standard InChI is InChI=1S/C10H21N3OS/c1-4-5-13(6-9(11)15)7-10(14)12-8(2)3/h8H,4-7H2,1-3H3,(H2,11,15)(H,12,14). The molecule has 15 heavy (non-hydrogen) atoms. The highest BCUT2D eigenvalue weighted by atomic mass is 32.1. The van der Waals surface area contributed by atoms with Crippen molar-refractivity contribution in [2.45, 2.75) is 33.2 Å². The zero-order valence-corrected chi connectivity index (χ0v) is 10.6. The van der Waals surface area contributed by atoms with Gasteiger partial charge in [0.15, 0.2) is 0 Å². The maximum Gasteiger partial charge on any atom is 0.234 e. The molecule has 3 N–H and O–H groups in total. The number of hydrogen-bond acceptors (Lipinski definition) is 3. The predicted molar refractivity (Wildman–Crippen MR) is 66.8 cm³/mol. The van der Waals surface area contributed by atoms with Gasteiger partial charge in [0.2, 0.25) is 5.91 Å². The van der Waals surface area contributed by atoms with Crippen LogP contribution < -0.4 is 11.1 Å². The molecule has 0 atom stereocenters. The van der Waals surface area contributed by atoms with Crippen LogP contribution in [-0.4, -0.2) is 41.5 Å². The van der Waals surface area contributed by atoms with E-state index in [4.69, 9.17) is 18.0 Å². The first-order valence-electron chi connectivity index (χ1n) is 5.25. The maximum absolute atomic E-state index is 11.5. The molecule has 5 heteroatoms. The lowest BCUT2D eigenvalue weighted by molar-refractivity contribution is -0.122. The molecule has 0 unspecified atom stereocenters. The summed E-state index contributed by atoms with van der Waals surface area (Å²) in [5.74, 6) is 0.0229. The number of hydrogen-bond donors (Lipinski definition) is 2. The van der Waals surface area contributed by atoms with Crippen LogP contribution >= 0.6 is 12.2 Å². The van der Waals surface area contributed by atoms with Crippen LogP contribution in [0.5, 0.6) is 0 Å². The number of carbonyl (C=O) groups is 1. The van der Waals surface area contributed by atoms with E-state index < -0.39 is 0 Å². The lowest BCUT2D eigenvalue weighted by atomic mass is 10.3. The van der Waals surface area contributed by atoms with Crippen molar-refractivity contribution in [3.63, 3.8) is 0 Å². The molecule has 0 aromatic heterocycles. The normalized spacial score (nSPS) is 10.7. The lowest BCUT2D eigenvalue weighted by Gasteiger charge is -2.20. The number of nitrogens with one attached hydrogen (secondary N) is 1. The fourth-order valence-electron chi connectivity index (χ4n) is 1.32. The summed E-state index contributed by atoms with van der Waals surface area (Å²) in [5.41, 5.74) is 5.46.